The first-order chi connectivity index (χ1) is 5.38. The average molecular weight is 152 g/mol. The molecule has 0 atom stereocenters. The standard InChI is InChI=1S/C9H12O2/c1-7-3-2-4-8-9(7)11-6-5-10-8/h4H,2-3,5-6H2,1H3. The molecule has 0 amide bonds. The summed E-state index contributed by atoms with van der Waals surface area (Å²) in [6.07, 6.45) is 4.32. The Bertz CT molecular complexity index is 226. The predicted octanol–water partition coefficient (Wildman–Crippen LogP) is 1.98. The van der Waals surface area contributed by atoms with Gasteiger partial charge in [-0.05, 0) is 31.4 Å². The molecule has 2 rings (SSSR count). The van der Waals surface area contributed by atoms with Crippen molar-refractivity contribution in [3.05, 3.63) is 23.2 Å². The van der Waals surface area contributed by atoms with Gasteiger partial charge in [0.1, 0.15) is 13.2 Å². The van der Waals surface area contributed by atoms with E-state index in [1.54, 1.807) is 0 Å². The minimum atomic E-state index is 0.697. The number of ether oxygens (including phenoxy) is 2. The van der Waals surface area contributed by atoms with Crippen LogP contribution in [0.3, 0.4) is 0 Å². The molecule has 0 aromatic heterocycles. The van der Waals surface area contributed by atoms with Crippen LogP contribution in [0.1, 0.15) is 19.8 Å². The number of hydrogen-bond donors (Lipinski definition) is 0. The summed E-state index contributed by atoms with van der Waals surface area (Å²) in [5.41, 5.74) is 1.32. The molecule has 2 nitrogen and oxygen atoms in total. The minimum Gasteiger partial charge on any atom is -0.486 e. The molecule has 0 unspecified atom stereocenters. The number of rotatable bonds is 0. The Labute approximate surface area is 66.5 Å². The van der Waals surface area contributed by atoms with Crippen molar-refractivity contribution in [3.8, 4) is 0 Å². The van der Waals surface area contributed by atoms with E-state index in [1.807, 2.05) is 0 Å². The fourth-order valence-electron chi connectivity index (χ4n) is 1.45. The van der Waals surface area contributed by atoms with Crippen molar-refractivity contribution in [2.45, 2.75) is 19.8 Å². The summed E-state index contributed by atoms with van der Waals surface area (Å²) in [5, 5.41) is 0. The molecule has 1 fully saturated rings. The zero-order valence-electron chi connectivity index (χ0n) is 6.72. The van der Waals surface area contributed by atoms with Crippen LogP contribution in [0.5, 0.6) is 0 Å². The minimum absolute atomic E-state index is 0.697. The van der Waals surface area contributed by atoms with Crippen molar-refractivity contribution in [1.29, 1.82) is 0 Å². The van der Waals surface area contributed by atoms with Gasteiger partial charge in [-0.2, -0.15) is 0 Å². The highest BCUT2D eigenvalue weighted by Gasteiger charge is 2.19. The molecule has 0 spiro atoms. The third-order valence-electron chi connectivity index (χ3n) is 2.05. The van der Waals surface area contributed by atoms with Crippen molar-refractivity contribution in [1.82, 2.24) is 0 Å². The lowest BCUT2D eigenvalue weighted by atomic mass is 10.0. The van der Waals surface area contributed by atoms with Gasteiger partial charge in [0.25, 0.3) is 0 Å². The Kier molecular flexibility index (Phi) is 1.60. The van der Waals surface area contributed by atoms with Crippen LogP contribution in [0.15, 0.2) is 23.2 Å². The van der Waals surface area contributed by atoms with Crippen molar-refractivity contribution < 1.29 is 9.47 Å². The Morgan fingerprint density at radius 3 is 2.91 bits per heavy atom. The van der Waals surface area contributed by atoms with Crippen LogP contribution < -0.4 is 0 Å². The van der Waals surface area contributed by atoms with Gasteiger partial charge in [-0.1, -0.05) is 0 Å². The van der Waals surface area contributed by atoms with Gasteiger partial charge >= 0.3 is 0 Å². The highest BCUT2D eigenvalue weighted by molar-refractivity contribution is 5.29. The summed E-state index contributed by atoms with van der Waals surface area (Å²) in [5.74, 6) is 1.95. The summed E-state index contributed by atoms with van der Waals surface area (Å²) in [6, 6.07) is 0. The van der Waals surface area contributed by atoms with E-state index < -0.39 is 0 Å². The Hall–Kier alpha value is -0.920. The molecule has 0 radical (unpaired) electrons. The van der Waals surface area contributed by atoms with Crippen LogP contribution in [0, 0.1) is 0 Å². The summed E-state index contributed by atoms with van der Waals surface area (Å²) < 4.78 is 10.9. The van der Waals surface area contributed by atoms with E-state index >= 15 is 0 Å². The van der Waals surface area contributed by atoms with Crippen LogP contribution >= 0.6 is 0 Å². The SMILES string of the molecule is CC1=C2OCCOC2=CCC1. The molecule has 1 aliphatic carbocycles. The molecule has 1 heterocycles. The zero-order valence-corrected chi connectivity index (χ0v) is 6.72. The summed E-state index contributed by atoms with van der Waals surface area (Å²) in [7, 11) is 0. The average Bonchev–Trinajstić information content (AvgIpc) is 2.06. The normalized spacial score (nSPS) is 23.2. The van der Waals surface area contributed by atoms with Gasteiger partial charge in [-0.25, -0.2) is 0 Å². The van der Waals surface area contributed by atoms with E-state index in [-0.39, 0.29) is 0 Å². The maximum atomic E-state index is 5.48. The number of allylic oxidation sites excluding steroid dienone is 2. The molecular weight excluding hydrogens is 140 g/mol. The quantitative estimate of drug-likeness (QED) is 0.528. The number of hydrogen-bond acceptors (Lipinski definition) is 2. The summed E-state index contributed by atoms with van der Waals surface area (Å²) >= 11 is 0. The zero-order chi connectivity index (χ0) is 7.68. The molecule has 60 valence electrons. The van der Waals surface area contributed by atoms with E-state index in [4.69, 9.17) is 9.47 Å². The molecular formula is C9H12O2. The molecule has 0 bridgehead atoms. The lowest BCUT2D eigenvalue weighted by Gasteiger charge is -2.25. The largest absolute Gasteiger partial charge is 0.486 e. The van der Waals surface area contributed by atoms with E-state index in [1.165, 1.54) is 5.57 Å². The monoisotopic (exact) mass is 152 g/mol. The van der Waals surface area contributed by atoms with Crippen LogP contribution in [0.2, 0.25) is 0 Å². The van der Waals surface area contributed by atoms with Crippen molar-refractivity contribution in [2.75, 3.05) is 13.2 Å². The van der Waals surface area contributed by atoms with Gasteiger partial charge in [-0.3, -0.25) is 0 Å². The van der Waals surface area contributed by atoms with Crippen LogP contribution in [-0.2, 0) is 9.47 Å². The molecule has 1 aliphatic heterocycles. The molecule has 1 saturated heterocycles. The van der Waals surface area contributed by atoms with Crippen LogP contribution in [0.25, 0.3) is 0 Å². The third-order valence-corrected chi connectivity index (χ3v) is 2.05. The predicted molar refractivity (Wildman–Crippen MR) is 41.9 cm³/mol. The van der Waals surface area contributed by atoms with Crippen molar-refractivity contribution in [3.63, 3.8) is 0 Å². The second kappa shape index (κ2) is 2.61. The third kappa shape index (κ3) is 1.13. The smallest absolute Gasteiger partial charge is 0.159 e. The Morgan fingerprint density at radius 2 is 2.09 bits per heavy atom. The van der Waals surface area contributed by atoms with Gasteiger partial charge in [-0.15, -0.1) is 0 Å². The summed E-state index contributed by atoms with van der Waals surface area (Å²) in [6.45, 7) is 3.50. The maximum absolute atomic E-state index is 5.48. The maximum Gasteiger partial charge on any atom is 0.159 e. The molecule has 2 aliphatic rings. The molecule has 0 aromatic rings. The molecule has 11 heavy (non-hydrogen) atoms. The van der Waals surface area contributed by atoms with Crippen molar-refractivity contribution >= 4 is 0 Å². The van der Waals surface area contributed by atoms with E-state index in [0.717, 1.165) is 24.4 Å². The fraction of sp³-hybridized carbons (Fsp3) is 0.556. The molecule has 0 N–H and O–H groups in total. The highest BCUT2D eigenvalue weighted by Crippen LogP contribution is 2.28. The van der Waals surface area contributed by atoms with Gasteiger partial charge in [0, 0.05) is 0 Å². The van der Waals surface area contributed by atoms with E-state index in [9.17, 15) is 0 Å². The van der Waals surface area contributed by atoms with E-state index in [0.29, 0.717) is 13.2 Å². The summed E-state index contributed by atoms with van der Waals surface area (Å²) in [4.78, 5) is 0. The first-order valence-electron chi connectivity index (χ1n) is 4.04. The van der Waals surface area contributed by atoms with Gasteiger partial charge in [0.05, 0.1) is 0 Å². The molecule has 0 saturated carbocycles. The Morgan fingerprint density at radius 1 is 1.27 bits per heavy atom. The van der Waals surface area contributed by atoms with Gasteiger partial charge in [0.15, 0.2) is 11.5 Å². The highest BCUT2D eigenvalue weighted by atomic mass is 16.6. The number of fused-ring (bicyclic) bond motifs is 1. The van der Waals surface area contributed by atoms with Gasteiger partial charge < -0.3 is 9.47 Å². The molecule has 0 aromatic carbocycles. The second-order valence-electron chi connectivity index (χ2n) is 2.91. The van der Waals surface area contributed by atoms with E-state index in [2.05, 4.69) is 13.0 Å². The first-order valence-corrected chi connectivity index (χ1v) is 4.04. The second-order valence-corrected chi connectivity index (χ2v) is 2.91. The van der Waals surface area contributed by atoms with Crippen LogP contribution in [0.4, 0.5) is 0 Å². The molecule has 2 heteroatoms. The van der Waals surface area contributed by atoms with Gasteiger partial charge in [0.2, 0.25) is 0 Å². The van der Waals surface area contributed by atoms with Crippen molar-refractivity contribution in [2.24, 2.45) is 0 Å². The lowest BCUT2D eigenvalue weighted by Crippen LogP contribution is -2.17. The fourth-order valence-corrected chi connectivity index (χ4v) is 1.45. The Balaban J connectivity index is 2.29. The topological polar surface area (TPSA) is 18.5 Å². The first kappa shape index (κ1) is 6.77. The van der Waals surface area contributed by atoms with Crippen LogP contribution in [-0.4, -0.2) is 13.2 Å². The lowest BCUT2D eigenvalue weighted by molar-refractivity contribution is 0.0551.